The molecule has 0 saturated heterocycles. The molecule has 1 rings (SSSR count). The molecule has 0 spiro atoms. The minimum Gasteiger partial charge on any atom is -0.478 e. The van der Waals surface area contributed by atoms with Crippen LogP contribution in [0.3, 0.4) is 0 Å². The van der Waals surface area contributed by atoms with Crippen molar-refractivity contribution in [2.24, 2.45) is 0 Å². The third-order valence-corrected chi connectivity index (χ3v) is 3.59. The van der Waals surface area contributed by atoms with Gasteiger partial charge in [-0.2, -0.15) is 0 Å². The minimum atomic E-state index is -3.53. The number of benzene rings is 1. The highest BCUT2D eigenvalue weighted by Crippen LogP contribution is 2.21. The molecule has 1 aromatic carbocycles. The maximum atomic E-state index is 11.5. The second-order valence-corrected chi connectivity index (χ2v) is 5.66. The molecule has 100 valence electrons. The predicted molar refractivity (Wildman–Crippen MR) is 67.7 cm³/mol. The summed E-state index contributed by atoms with van der Waals surface area (Å²) >= 11 is 5.72. The van der Waals surface area contributed by atoms with E-state index in [4.69, 9.17) is 16.7 Å². The number of ether oxygens (including phenoxy) is 1. The highest BCUT2D eigenvalue weighted by atomic mass is 35.5. The Morgan fingerprint density at radius 2 is 2.17 bits per heavy atom. The molecular formula is C10H12ClNO5S. The zero-order valence-electron chi connectivity index (χ0n) is 9.51. The van der Waals surface area contributed by atoms with Crippen molar-refractivity contribution in [1.82, 2.24) is 0 Å². The van der Waals surface area contributed by atoms with Crippen molar-refractivity contribution in [2.75, 3.05) is 24.2 Å². The van der Waals surface area contributed by atoms with Gasteiger partial charge in [0.2, 0.25) is 10.0 Å². The average molecular weight is 294 g/mol. The lowest BCUT2D eigenvalue weighted by Gasteiger charge is -2.08. The average Bonchev–Trinajstić information content (AvgIpc) is 2.25. The fourth-order valence-electron chi connectivity index (χ4n) is 1.18. The van der Waals surface area contributed by atoms with E-state index in [1.54, 1.807) is 0 Å². The fourth-order valence-corrected chi connectivity index (χ4v) is 2.41. The molecule has 0 unspecified atom stereocenters. The van der Waals surface area contributed by atoms with Crippen LogP contribution in [0.1, 0.15) is 10.4 Å². The van der Waals surface area contributed by atoms with Crippen LogP contribution in [0.5, 0.6) is 0 Å². The summed E-state index contributed by atoms with van der Waals surface area (Å²) in [6.07, 6.45) is 0. The van der Waals surface area contributed by atoms with Crippen LogP contribution in [0.2, 0.25) is 5.02 Å². The molecule has 0 amide bonds. The first-order chi connectivity index (χ1) is 8.35. The highest BCUT2D eigenvalue weighted by molar-refractivity contribution is 7.92. The zero-order valence-corrected chi connectivity index (χ0v) is 11.1. The summed E-state index contributed by atoms with van der Waals surface area (Å²) in [5.74, 6) is -1.37. The van der Waals surface area contributed by atoms with E-state index < -0.39 is 16.0 Å². The zero-order chi connectivity index (χ0) is 13.8. The third kappa shape index (κ3) is 4.17. The first kappa shape index (κ1) is 14.7. The Morgan fingerprint density at radius 3 is 2.67 bits per heavy atom. The Kier molecular flexibility index (Phi) is 4.94. The maximum absolute atomic E-state index is 11.5. The molecule has 0 aliphatic heterocycles. The number of carboxylic acids is 1. The lowest BCUT2D eigenvalue weighted by atomic mass is 10.2. The summed E-state index contributed by atoms with van der Waals surface area (Å²) in [4.78, 5) is 10.7. The number of sulfonamides is 1. The van der Waals surface area contributed by atoms with Crippen LogP contribution in [0.15, 0.2) is 18.2 Å². The highest BCUT2D eigenvalue weighted by Gasteiger charge is 2.13. The Bertz CT molecular complexity index is 543. The molecule has 0 heterocycles. The topological polar surface area (TPSA) is 92.7 Å². The van der Waals surface area contributed by atoms with Gasteiger partial charge in [-0.05, 0) is 18.2 Å². The van der Waals surface area contributed by atoms with Crippen molar-refractivity contribution < 1.29 is 23.1 Å². The van der Waals surface area contributed by atoms with Gasteiger partial charge in [0.25, 0.3) is 0 Å². The van der Waals surface area contributed by atoms with Crippen LogP contribution in [-0.4, -0.2) is 39.0 Å². The van der Waals surface area contributed by atoms with Crippen molar-refractivity contribution >= 4 is 33.3 Å². The van der Waals surface area contributed by atoms with E-state index in [1.165, 1.54) is 25.3 Å². The second kappa shape index (κ2) is 6.03. The molecule has 0 bridgehead atoms. The number of carbonyl (C=O) groups is 1. The van der Waals surface area contributed by atoms with Gasteiger partial charge in [0, 0.05) is 12.8 Å². The molecule has 0 aliphatic rings. The number of methoxy groups -OCH3 is 1. The van der Waals surface area contributed by atoms with E-state index in [1.807, 2.05) is 0 Å². The SMILES string of the molecule is COCCS(=O)(=O)Nc1ccc(C(=O)O)c(Cl)c1. The number of anilines is 1. The summed E-state index contributed by atoms with van der Waals surface area (Å²) in [6.45, 7) is 0.0657. The third-order valence-electron chi connectivity index (χ3n) is 2.03. The van der Waals surface area contributed by atoms with Crippen molar-refractivity contribution in [3.8, 4) is 0 Å². The van der Waals surface area contributed by atoms with E-state index in [0.29, 0.717) is 0 Å². The molecular weight excluding hydrogens is 282 g/mol. The molecule has 6 nitrogen and oxygen atoms in total. The molecule has 0 radical (unpaired) electrons. The Labute approximate surface area is 110 Å². The monoisotopic (exact) mass is 293 g/mol. The van der Waals surface area contributed by atoms with E-state index >= 15 is 0 Å². The number of nitrogens with one attached hydrogen (secondary N) is 1. The second-order valence-electron chi connectivity index (χ2n) is 3.41. The summed E-state index contributed by atoms with van der Waals surface area (Å²) < 4.78 is 30.0. The summed E-state index contributed by atoms with van der Waals surface area (Å²) in [5, 5.41) is 8.73. The number of rotatable bonds is 6. The van der Waals surface area contributed by atoms with Crippen LogP contribution in [-0.2, 0) is 14.8 Å². The smallest absolute Gasteiger partial charge is 0.337 e. The Balaban J connectivity index is 2.87. The lowest BCUT2D eigenvalue weighted by molar-refractivity contribution is 0.0697. The normalized spacial score (nSPS) is 11.2. The first-order valence-electron chi connectivity index (χ1n) is 4.88. The van der Waals surface area contributed by atoms with Crippen LogP contribution in [0.25, 0.3) is 0 Å². The van der Waals surface area contributed by atoms with Crippen molar-refractivity contribution in [3.05, 3.63) is 28.8 Å². The largest absolute Gasteiger partial charge is 0.478 e. The number of carboxylic acid groups (broad SMARTS) is 1. The quantitative estimate of drug-likeness (QED) is 0.827. The van der Waals surface area contributed by atoms with E-state index in [2.05, 4.69) is 9.46 Å². The number of hydrogen-bond donors (Lipinski definition) is 2. The van der Waals surface area contributed by atoms with Crippen LogP contribution in [0.4, 0.5) is 5.69 Å². The Hall–Kier alpha value is -1.31. The molecule has 0 aliphatic carbocycles. The van der Waals surface area contributed by atoms with E-state index in [-0.39, 0.29) is 28.6 Å². The van der Waals surface area contributed by atoms with Crippen LogP contribution >= 0.6 is 11.6 Å². The summed E-state index contributed by atoms with van der Waals surface area (Å²) in [7, 11) is -2.13. The molecule has 0 atom stereocenters. The number of hydrogen-bond acceptors (Lipinski definition) is 4. The Morgan fingerprint density at radius 1 is 1.50 bits per heavy atom. The minimum absolute atomic E-state index is 0.0329. The molecule has 2 N–H and O–H groups in total. The van der Waals surface area contributed by atoms with Crippen LogP contribution < -0.4 is 4.72 Å². The van der Waals surface area contributed by atoms with Gasteiger partial charge < -0.3 is 9.84 Å². The lowest BCUT2D eigenvalue weighted by Crippen LogP contribution is -2.19. The summed E-state index contributed by atoms with van der Waals surface area (Å²) in [6, 6.07) is 3.81. The van der Waals surface area contributed by atoms with Crippen molar-refractivity contribution in [1.29, 1.82) is 0 Å². The number of halogens is 1. The summed E-state index contributed by atoms with van der Waals surface area (Å²) in [5.41, 5.74) is 0.123. The van der Waals surface area contributed by atoms with Gasteiger partial charge in [-0.1, -0.05) is 11.6 Å². The van der Waals surface area contributed by atoms with Gasteiger partial charge in [-0.25, -0.2) is 13.2 Å². The van der Waals surface area contributed by atoms with Gasteiger partial charge >= 0.3 is 5.97 Å². The molecule has 0 saturated carbocycles. The van der Waals surface area contributed by atoms with E-state index in [0.717, 1.165) is 0 Å². The molecule has 18 heavy (non-hydrogen) atoms. The van der Waals surface area contributed by atoms with Gasteiger partial charge in [-0.15, -0.1) is 0 Å². The molecule has 1 aromatic rings. The van der Waals surface area contributed by atoms with Crippen LogP contribution in [0, 0.1) is 0 Å². The van der Waals surface area contributed by atoms with Gasteiger partial charge in [0.1, 0.15) is 0 Å². The number of aromatic carboxylic acids is 1. The van der Waals surface area contributed by atoms with Crippen molar-refractivity contribution in [3.63, 3.8) is 0 Å². The standard InChI is InChI=1S/C10H12ClNO5S/c1-17-4-5-18(15,16)12-7-2-3-8(10(13)14)9(11)6-7/h2-3,6,12H,4-5H2,1H3,(H,13,14). The van der Waals surface area contributed by atoms with Gasteiger partial charge in [0.05, 0.1) is 22.9 Å². The van der Waals surface area contributed by atoms with E-state index in [9.17, 15) is 13.2 Å². The van der Waals surface area contributed by atoms with Crippen molar-refractivity contribution in [2.45, 2.75) is 0 Å². The molecule has 0 aromatic heterocycles. The fraction of sp³-hybridized carbons (Fsp3) is 0.300. The van der Waals surface area contributed by atoms with Gasteiger partial charge in [0.15, 0.2) is 0 Å². The first-order valence-corrected chi connectivity index (χ1v) is 6.91. The maximum Gasteiger partial charge on any atom is 0.337 e. The molecule has 0 fully saturated rings. The molecule has 8 heteroatoms. The van der Waals surface area contributed by atoms with Gasteiger partial charge in [-0.3, -0.25) is 4.72 Å². The predicted octanol–water partition coefficient (Wildman–Crippen LogP) is 1.43.